The first-order chi connectivity index (χ1) is 17.8. The summed E-state index contributed by atoms with van der Waals surface area (Å²) in [4.78, 5) is 54.2. The third kappa shape index (κ3) is 8.86. The van der Waals surface area contributed by atoms with Crippen molar-refractivity contribution in [1.82, 2.24) is 20.9 Å². The van der Waals surface area contributed by atoms with Crippen LogP contribution in [-0.4, -0.2) is 57.9 Å². The van der Waals surface area contributed by atoms with Crippen LogP contribution in [0.2, 0.25) is 0 Å². The molecule has 10 nitrogen and oxygen atoms in total. The van der Waals surface area contributed by atoms with E-state index >= 15 is 0 Å². The second-order valence-corrected chi connectivity index (χ2v) is 11.1. The summed E-state index contributed by atoms with van der Waals surface area (Å²) in [5, 5.41) is 18.8. The van der Waals surface area contributed by atoms with Crippen molar-refractivity contribution < 1.29 is 24.3 Å². The predicted octanol–water partition coefficient (Wildman–Crippen LogP) is 2.32. The van der Waals surface area contributed by atoms with Gasteiger partial charge in [-0.2, -0.15) is 0 Å². The molecule has 3 amide bonds. The summed E-state index contributed by atoms with van der Waals surface area (Å²) in [5.41, 5.74) is 7.63. The Morgan fingerprint density at radius 1 is 0.842 bits per heavy atom. The zero-order valence-corrected chi connectivity index (χ0v) is 23.2. The second-order valence-electron chi connectivity index (χ2n) is 11.1. The van der Waals surface area contributed by atoms with Crippen molar-refractivity contribution >= 4 is 34.6 Å². The van der Waals surface area contributed by atoms with E-state index in [1.165, 1.54) is 0 Å². The number of aromatic amines is 1. The van der Waals surface area contributed by atoms with E-state index in [1.807, 2.05) is 52.0 Å². The number of hydrogen-bond donors (Lipinski definition) is 6. The van der Waals surface area contributed by atoms with Crippen LogP contribution in [0.15, 0.2) is 30.5 Å². The van der Waals surface area contributed by atoms with Crippen LogP contribution >= 0.6 is 0 Å². The van der Waals surface area contributed by atoms with E-state index in [0.29, 0.717) is 12.8 Å². The molecule has 1 aromatic carbocycles. The third-order valence-electron chi connectivity index (χ3n) is 6.36. The molecule has 0 spiro atoms. The fourth-order valence-electron chi connectivity index (χ4n) is 4.37. The van der Waals surface area contributed by atoms with E-state index in [-0.39, 0.29) is 24.2 Å². The molecule has 4 unspecified atom stereocenters. The average molecular weight is 530 g/mol. The van der Waals surface area contributed by atoms with Crippen molar-refractivity contribution in [2.45, 2.75) is 85.0 Å². The van der Waals surface area contributed by atoms with Gasteiger partial charge in [-0.15, -0.1) is 0 Å². The first-order valence-electron chi connectivity index (χ1n) is 13.2. The minimum Gasteiger partial charge on any atom is -0.480 e. The van der Waals surface area contributed by atoms with Gasteiger partial charge in [-0.25, -0.2) is 4.79 Å². The number of fused-ring (bicyclic) bond motifs is 1. The van der Waals surface area contributed by atoms with Crippen molar-refractivity contribution in [2.75, 3.05) is 0 Å². The molecule has 0 saturated heterocycles. The van der Waals surface area contributed by atoms with E-state index in [4.69, 9.17) is 5.73 Å². The number of nitrogens with two attached hydrogens (primary N) is 1. The molecule has 7 N–H and O–H groups in total. The number of aliphatic carboxylic acids is 1. The maximum Gasteiger partial charge on any atom is 0.326 e. The van der Waals surface area contributed by atoms with Crippen molar-refractivity contribution in [3.05, 3.63) is 36.0 Å². The molecule has 38 heavy (non-hydrogen) atoms. The molecule has 2 rings (SSSR count). The van der Waals surface area contributed by atoms with E-state index in [9.17, 15) is 24.3 Å². The lowest BCUT2D eigenvalue weighted by atomic mass is 9.98. The quantitative estimate of drug-likeness (QED) is 0.220. The van der Waals surface area contributed by atoms with E-state index in [0.717, 1.165) is 16.5 Å². The topological polar surface area (TPSA) is 166 Å². The Bertz CT molecular complexity index is 1110. The Labute approximate surface area is 224 Å². The number of amides is 3. The Balaban J connectivity index is 2.15. The molecule has 4 atom stereocenters. The summed E-state index contributed by atoms with van der Waals surface area (Å²) in [7, 11) is 0. The van der Waals surface area contributed by atoms with Gasteiger partial charge in [-0.1, -0.05) is 59.7 Å². The van der Waals surface area contributed by atoms with Crippen molar-refractivity contribution in [2.24, 2.45) is 23.5 Å². The Kier molecular flexibility index (Phi) is 11.3. The van der Waals surface area contributed by atoms with Crippen LogP contribution in [-0.2, 0) is 25.6 Å². The van der Waals surface area contributed by atoms with Gasteiger partial charge in [0.05, 0.1) is 6.04 Å². The molecule has 0 radical (unpaired) electrons. The number of carboxylic acids is 1. The summed E-state index contributed by atoms with van der Waals surface area (Å²) >= 11 is 0. The van der Waals surface area contributed by atoms with Gasteiger partial charge in [-0.05, 0) is 42.2 Å². The largest absolute Gasteiger partial charge is 0.480 e. The lowest BCUT2D eigenvalue weighted by molar-refractivity contribution is -0.142. The highest BCUT2D eigenvalue weighted by molar-refractivity contribution is 5.94. The number of H-pyrrole nitrogens is 1. The molecule has 1 heterocycles. The molecule has 0 saturated carbocycles. The third-order valence-corrected chi connectivity index (χ3v) is 6.36. The molecule has 1 aromatic heterocycles. The Morgan fingerprint density at radius 2 is 1.45 bits per heavy atom. The van der Waals surface area contributed by atoms with Crippen LogP contribution in [0.3, 0.4) is 0 Å². The Morgan fingerprint density at radius 3 is 2.03 bits per heavy atom. The molecule has 0 aliphatic heterocycles. The minimum absolute atomic E-state index is 0.0730. The molecular formula is C28H43N5O5. The molecule has 0 bridgehead atoms. The van der Waals surface area contributed by atoms with Crippen LogP contribution < -0.4 is 21.7 Å². The highest BCUT2D eigenvalue weighted by atomic mass is 16.4. The van der Waals surface area contributed by atoms with Crippen LogP contribution in [0.4, 0.5) is 0 Å². The zero-order chi connectivity index (χ0) is 28.6. The fraction of sp³-hybridized carbons (Fsp3) is 0.571. The van der Waals surface area contributed by atoms with Gasteiger partial charge in [0.2, 0.25) is 17.7 Å². The number of carbonyl (C=O) groups is 4. The van der Waals surface area contributed by atoms with Crippen LogP contribution in [0.25, 0.3) is 10.9 Å². The molecule has 210 valence electrons. The lowest BCUT2D eigenvalue weighted by Crippen LogP contribution is -2.58. The van der Waals surface area contributed by atoms with Gasteiger partial charge in [0.25, 0.3) is 0 Å². The van der Waals surface area contributed by atoms with Crippen molar-refractivity contribution in [3.8, 4) is 0 Å². The minimum atomic E-state index is -1.19. The van der Waals surface area contributed by atoms with E-state index < -0.39 is 47.9 Å². The van der Waals surface area contributed by atoms with E-state index in [2.05, 4.69) is 20.9 Å². The molecule has 0 fully saturated rings. The summed E-state index contributed by atoms with van der Waals surface area (Å²) in [6, 6.07) is 3.69. The number of benzene rings is 1. The number of carbonyl (C=O) groups excluding carboxylic acids is 3. The highest BCUT2D eigenvalue weighted by Crippen LogP contribution is 2.19. The van der Waals surface area contributed by atoms with Gasteiger partial charge < -0.3 is 31.8 Å². The van der Waals surface area contributed by atoms with Crippen LogP contribution in [0.1, 0.15) is 59.9 Å². The maximum absolute atomic E-state index is 13.2. The Hall–Kier alpha value is -3.40. The van der Waals surface area contributed by atoms with Gasteiger partial charge in [0.15, 0.2) is 0 Å². The highest BCUT2D eigenvalue weighted by Gasteiger charge is 2.32. The zero-order valence-electron chi connectivity index (χ0n) is 23.2. The molecule has 2 aromatic rings. The standard InChI is InChI=1S/C28H43N5O5/c1-15(2)11-20(29)25(34)31-22(12-16(3)4)26(35)33-24(17(5)6)27(36)32-23(28(37)38)13-18-14-30-21-10-8-7-9-19(18)21/h7-10,14-17,20,22-24,30H,11-13,29H2,1-6H3,(H,31,34)(H,32,36)(H,33,35)(H,37,38). The maximum atomic E-state index is 13.2. The SMILES string of the molecule is CC(C)CC(N)C(=O)NC(CC(C)C)C(=O)NC(C(=O)NC(Cc1c[nH]c2ccccc12)C(=O)O)C(C)C. The lowest BCUT2D eigenvalue weighted by Gasteiger charge is -2.28. The average Bonchev–Trinajstić information content (AvgIpc) is 3.23. The molecular weight excluding hydrogens is 486 g/mol. The van der Waals surface area contributed by atoms with Gasteiger partial charge in [-0.3, -0.25) is 14.4 Å². The number of aromatic nitrogens is 1. The number of rotatable bonds is 14. The first-order valence-corrected chi connectivity index (χ1v) is 13.2. The summed E-state index contributed by atoms with van der Waals surface area (Å²) in [6.07, 6.45) is 2.64. The monoisotopic (exact) mass is 529 g/mol. The molecule has 0 aliphatic rings. The number of carboxylic acid groups (broad SMARTS) is 1. The van der Waals surface area contributed by atoms with Gasteiger partial charge in [0.1, 0.15) is 18.1 Å². The summed E-state index contributed by atoms with van der Waals surface area (Å²) in [6.45, 7) is 11.3. The summed E-state index contributed by atoms with van der Waals surface area (Å²) < 4.78 is 0. The molecule has 10 heteroatoms. The second kappa shape index (κ2) is 13.9. The first kappa shape index (κ1) is 30.8. The fourth-order valence-corrected chi connectivity index (χ4v) is 4.37. The number of hydrogen-bond acceptors (Lipinski definition) is 5. The van der Waals surface area contributed by atoms with Crippen LogP contribution in [0.5, 0.6) is 0 Å². The summed E-state index contributed by atoms with van der Waals surface area (Å²) in [5.74, 6) is -2.75. The smallest absolute Gasteiger partial charge is 0.326 e. The van der Waals surface area contributed by atoms with Crippen molar-refractivity contribution in [3.63, 3.8) is 0 Å². The van der Waals surface area contributed by atoms with Crippen LogP contribution in [0, 0.1) is 17.8 Å². The number of para-hydroxylation sites is 1. The van der Waals surface area contributed by atoms with Gasteiger partial charge in [0, 0.05) is 23.5 Å². The van der Waals surface area contributed by atoms with E-state index in [1.54, 1.807) is 20.0 Å². The molecule has 0 aliphatic carbocycles. The number of nitrogens with one attached hydrogen (secondary N) is 4. The van der Waals surface area contributed by atoms with Gasteiger partial charge >= 0.3 is 5.97 Å². The predicted molar refractivity (Wildman–Crippen MR) is 147 cm³/mol. The van der Waals surface area contributed by atoms with Crippen molar-refractivity contribution in [1.29, 1.82) is 0 Å². The normalized spacial score (nSPS) is 14.8.